The number of piperazine rings is 1. The average Bonchev–Trinajstić information content (AvgIpc) is 3.02. The van der Waals surface area contributed by atoms with E-state index >= 15 is 0 Å². The fourth-order valence-electron chi connectivity index (χ4n) is 3.93. The van der Waals surface area contributed by atoms with E-state index in [1.807, 2.05) is 13.0 Å². The number of anilines is 1. The molecule has 2 aliphatic heterocycles. The van der Waals surface area contributed by atoms with Gasteiger partial charge in [-0.15, -0.1) is 0 Å². The van der Waals surface area contributed by atoms with Crippen molar-refractivity contribution in [3.05, 3.63) is 31.9 Å². The van der Waals surface area contributed by atoms with Crippen LogP contribution < -0.4 is 10.5 Å². The molecular formula is C22H29N5O2S2. The second-order valence-electron chi connectivity index (χ2n) is 7.88. The average molecular weight is 460 g/mol. The molecule has 0 radical (unpaired) electrons. The van der Waals surface area contributed by atoms with Crippen LogP contribution in [0.15, 0.2) is 9.70 Å². The Morgan fingerprint density at radius 2 is 1.87 bits per heavy atom. The number of nitrogens with zero attached hydrogens (tertiary/aromatic N) is 5. The number of thiocarbonyl (C=S) groups is 1. The molecule has 0 atom stereocenters. The molecule has 31 heavy (non-hydrogen) atoms. The standard InChI is InChI=1S/C22H29N5O2S2/c1-5-7-8-27-19(25-11-9-24(4)10-12-25)16(15(3)17(14-23)20(27)28)13-18-21(29)26(6-2)22(30)31-18/h13H,5-12H2,1-4H3. The van der Waals surface area contributed by atoms with Crippen molar-refractivity contribution in [3.63, 3.8) is 0 Å². The smallest absolute Gasteiger partial charge is 0.270 e. The minimum Gasteiger partial charge on any atom is -0.355 e. The van der Waals surface area contributed by atoms with Crippen molar-refractivity contribution in [2.45, 2.75) is 40.2 Å². The molecule has 2 aliphatic rings. The van der Waals surface area contributed by atoms with Crippen molar-refractivity contribution in [1.82, 2.24) is 14.4 Å². The summed E-state index contributed by atoms with van der Waals surface area (Å²) in [5.41, 5.74) is 1.29. The number of likely N-dealkylation sites (N-methyl/N-ethyl adjacent to an activating group) is 2. The van der Waals surface area contributed by atoms with Gasteiger partial charge in [0.1, 0.15) is 21.8 Å². The van der Waals surface area contributed by atoms with E-state index in [4.69, 9.17) is 12.2 Å². The third-order valence-electron chi connectivity index (χ3n) is 5.85. The number of carbonyl (C=O) groups excluding carboxylic acids is 1. The number of nitriles is 1. The van der Waals surface area contributed by atoms with E-state index in [0.717, 1.165) is 50.4 Å². The third kappa shape index (κ3) is 4.56. The Morgan fingerprint density at radius 1 is 1.19 bits per heavy atom. The van der Waals surface area contributed by atoms with Crippen LogP contribution >= 0.6 is 24.0 Å². The number of unbranched alkanes of at least 4 members (excludes halogenated alkanes) is 1. The van der Waals surface area contributed by atoms with Crippen molar-refractivity contribution in [2.24, 2.45) is 0 Å². The SMILES string of the molecule is CCCCn1c(N2CCN(C)CC2)c(C=C2SC(=S)N(CC)C2=O)c(C)c(C#N)c1=O. The molecule has 1 aromatic rings. The number of rotatable bonds is 6. The summed E-state index contributed by atoms with van der Waals surface area (Å²) in [4.78, 5) is 32.7. The molecule has 0 aromatic carbocycles. The first-order valence-electron chi connectivity index (χ1n) is 10.7. The van der Waals surface area contributed by atoms with Crippen molar-refractivity contribution in [2.75, 3.05) is 44.7 Å². The summed E-state index contributed by atoms with van der Waals surface area (Å²) in [5, 5.41) is 9.74. The summed E-state index contributed by atoms with van der Waals surface area (Å²) in [6, 6.07) is 2.11. The minimum atomic E-state index is -0.249. The van der Waals surface area contributed by atoms with Crippen LogP contribution in [0.1, 0.15) is 43.4 Å². The largest absolute Gasteiger partial charge is 0.355 e. The monoisotopic (exact) mass is 459 g/mol. The number of carbonyl (C=O) groups is 1. The van der Waals surface area contributed by atoms with Crippen LogP contribution in [0.3, 0.4) is 0 Å². The zero-order valence-corrected chi connectivity index (χ0v) is 20.2. The van der Waals surface area contributed by atoms with Gasteiger partial charge in [-0.25, -0.2) is 0 Å². The lowest BCUT2D eigenvalue weighted by atomic mass is 10.0. The Balaban J connectivity index is 2.24. The van der Waals surface area contributed by atoms with Gasteiger partial charge in [0.2, 0.25) is 0 Å². The van der Waals surface area contributed by atoms with Gasteiger partial charge in [0.15, 0.2) is 0 Å². The molecular weight excluding hydrogens is 430 g/mol. The number of hydrogen-bond acceptors (Lipinski definition) is 7. The molecule has 3 heterocycles. The minimum absolute atomic E-state index is 0.119. The summed E-state index contributed by atoms with van der Waals surface area (Å²) < 4.78 is 2.28. The van der Waals surface area contributed by atoms with Crippen LogP contribution in [0.4, 0.5) is 5.82 Å². The van der Waals surface area contributed by atoms with E-state index < -0.39 is 0 Å². The van der Waals surface area contributed by atoms with Crippen LogP contribution in [0.2, 0.25) is 0 Å². The number of amides is 1. The van der Waals surface area contributed by atoms with E-state index in [9.17, 15) is 14.9 Å². The molecule has 0 bridgehead atoms. The van der Waals surface area contributed by atoms with Gasteiger partial charge < -0.3 is 9.80 Å². The fourth-order valence-corrected chi connectivity index (χ4v) is 5.30. The highest BCUT2D eigenvalue weighted by atomic mass is 32.2. The second-order valence-corrected chi connectivity index (χ2v) is 9.55. The lowest BCUT2D eigenvalue weighted by Crippen LogP contribution is -2.47. The lowest BCUT2D eigenvalue weighted by molar-refractivity contribution is -0.121. The van der Waals surface area contributed by atoms with Gasteiger partial charge in [-0.2, -0.15) is 5.26 Å². The first kappa shape index (κ1) is 23.5. The molecule has 9 heteroatoms. The van der Waals surface area contributed by atoms with Crippen LogP contribution in [-0.2, 0) is 11.3 Å². The van der Waals surface area contributed by atoms with E-state index in [1.54, 1.807) is 16.4 Å². The molecule has 1 amide bonds. The van der Waals surface area contributed by atoms with Gasteiger partial charge in [0.25, 0.3) is 11.5 Å². The number of thioether (sulfide) groups is 1. The predicted octanol–water partition coefficient (Wildman–Crippen LogP) is 2.80. The molecule has 7 nitrogen and oxygen atoms in total. The van der Waals surface area contributed by atoms with Crippen molar-refractivity contribution in [1.29, 1.82) is 5.26 Å². The molecule has 2 saturated heterocycles. The van der Waals surface area contributed by atoms with Gasteiger partial charge in [-0.05, 0) is 39.0 Å². The molecule has 2 fully saturated rings. The number of pyridine rings is 1. The van der Waals surface area contributed by atoms with E-state index in [2.05, 4.69) is 29.8 Å². The zero-order chi connectivity index (χ0) is 22.7. The maximum atomic E-state index is 13.2. The highest BCUT2D eigenvalue weighted by Crippen LogP contribution is 2.36. The third-order valence-corrected chi connectivity index (χ3v) is 7.23. The molecule has 1 aromatic heterocycles. The Bertz CT molecular complexity index is 1020. The Kier molecular flexibility index (Phi) is 7.57. The predicted molar refractivity (Wildman–Crippen MR) is 130 cm³/mol. The fraction of sp³-hybridized carbons (Fsp3) is 0.545. The maximum Gasteiger partial charge on any atom is 0.270 e. The van der Waals surface area contributed by atoms with Crippen molar-refractivity contribution < 1.29 is 4.79 Å². The highest BCUT2D eigenvalue weighted by Gasteiger charge is 2.32. The second kappa shape index (κ2) is 9.98. The number of hydrogen-bond donors (Lipinski definition) is 0. The topological polar surface area (TPSA) is 72.6 Å². The first-order chi connectivity index (χ1) is 14.8. The molecule has 0 saturated carbocycles. The molecule has 166 valence electrons. The Hall–Kier alpha value is -2.15. The molecule has 0 N–H and O–H groups in total. The van der Waals surface area contributed by atoms with E-state index in [1.165, 1.54) is 11.8 Å². The van der Waals surface area contributed by atoms with Gasteiger partial charge >= 0.3 is 0 Å². The van der Waals surface area contributed by atoms with Crippen molar-refractivity contribution >= 4 is 46.1 Å². The molecule has 3 rings (SSSR count). The summed E-state index contributed by atoms with van der Waals surface area (Å²) in [6.45, 7) is 10.2. The Morgan fingerprint density at radius 3 is 2.42 bits per heavy atom. The zero-order valence-electron chi connectivity index (χ0n) is 18.6. The van der Waals surface area contributed by atoms with Gasteiger partial charge in [-0.3, -0.25) is 19.1 Å². The van der Waals surface area contributed by atoms with Crippen LogP contribution in [0, 0.1) is 18.3 Å². The van der Waals surface area contributed by atoms with Crippen LogP contribution in [-0.4, -0.2) is 64.4 Å². The summed E-state index contributed by atoms with van der Waals surface area (Å²) in [5.74, 6) is 0.691. The van der Waals surface area contributed by atoms with Gasteiger partial charge in [0, 0.05) is 44.8 Å². The first-order valence-corrected chi connectivity index (χ1v) is 11.9. The molecule has 0 aliphatic carbocycles. The lowest BCUT2D eigenvalue weighted by Gasteiger charge is -2.36. The number of aromatic nitrogens is 1. The summed E-state index contributed by atoms with van der Waals surface area (Å²) in [6.07, 6.45) is 3.61. The van der Waals surface area contributed by atoms with E-state index in [-0.39, 0.29) is 17.0 Å². The van der Waals surface area contributed by atoms with Crippen molar-refractivity contribution in [3.8, 4) is 6.07 Å². The highest BCUT2D eigenvalue weighted by molar-refractivity contribution is 8.26. The Labute approximate surface area is 193 Å². The van der Waals surface area contributed by atoms with Gasteiger partial charge in [0.05, 0.1) is 4.91 Å². The van der Waals surface area contributed by atoms with Crippen LogP contribution in [0.5, 0.6) is 0 Å². The normalized spacial score (nSPS) is 18.9. The molecule has 0 spiro atoms. The molecule has 0 unspecified atom stereocenters. The summed E-state index contributed by atoms with van der Waals surface area (Å²) >= 11 is 6.65. The quantitative estimate of drug-likeness (QED) is 0.478. The van der Waals surface area contributed by atoms with E-state index in [0.29, 0.717) is 27.9 Å². The summed E-state index contributed by atoms with van der Waals surface area (Å²) in [7, 11) is 2.09. The maximum absolute atomic E-state index is 13.2. The van der Waals surface area contributed by atoms with Crippen LogP contribution in [0.25, 0.3) is 6.08 Å². The van der Waals surface area contributed by atoms with Gasteiger partial charge in [-0.1, -0.05) is 37.3 Å².